The topological polar surface area (TPSA) is 72.5 Å². The molecule has 19 heavy (non-hydrogen) atoms. The maximum Gasteiger partial charge on any atom is 0.148 e. The van der Waals surface area contributed by atoms with Crippen molar-refractivity contribution >= 4 is 11.5 Å². The van der Waals surface area contributed by atoms with Gasteiger partial charge in [0.15, 0.2) is 0 Å². The van der Waals surface area contributed by atoms with E-state index in [0.717, 1.165) is 11.6 Å². The van der Waals surface area contributed by atoms with E-state index >= 15 is 0 Å². The van der Waals surface area contributed by atoms with Crippen LogP contribution < -0.4 is 5.32 Å². The Bertz CT molecular complexity index is 710. The van der Waals surface area contributed by atoms with E-state index in [-0.39, 0.29) is 5.56 Å². The molecule has 0 saturated carbocycles. The van der Waals surface area contributed by atoms with Crippen molar-refractivity contribution in [3.05, 3.63) is 53.0 Å². The van der Waals surface area contributed by atoms with Gasteiger partial charge in [-0.3, -0.25) is 0 Å². The van der Waals surface area contributed by atoms with Gasteiger partial charge >= 0.3 is 0 Å². The molecular formula is C14H9FN4. The first-order valence-electron chi connectivity index (χ1n) is 5.48. The van der Waals surface area contributed by atoms with E-state index in [0.29, 0.717) is 17.1 Å². The molecule has 4 nitrogen and oxygen atoms in total. The van der Waals surface area contributed by atoms with Gasteiger partial charge in [0, 0.05) is 6.20 Å². The quantitative estimate of drug-likeness (QED) is 0.891. The Morgan fingerprint density at radius 1 is 1.21 bits per heavy atom. The zero-order valence-electron chi connectivity index (χ0n) is 10.1. The Labute approximate surface area is 109 Å². The predicted molar refractivity (Wildman–Crippen MR) is 68.1 cm³/mol. The molecule has 1 heterocycles. The summed E-state index contributed by atoms with van der Waals surface area (Å²) in [6.45, 7) is 1.79. The second kappa shape index (κ2) is 5.16. The molecule has 0 fully saturated rings. The molecule has 0 atom stereocenters. The van der Waals surface area contributed by atoms with Gasteiger partial charge in [0.2, 0.25) is 0 Å². The molecule has 0 radical (unpaired) electrons. The first-order valence-corrected chi connectivity index (χ1v) is 5.48. The summed E-state index contributed by atoms with van der Waals surface area (Å²) < 4.78 is 13.0. The second-order valence-corrected chi connectivity index (χ2v) is 3.89. The zero-order chi connectivity index (χ0) is 13.8. The van der Waals surface area contributed by atoms with E-state index < -0.39 is 5.82 Å². The van der Waals surface area contributed by atoms with Gasteiger partial charge in [0.05, 0.1) is 16.8 Å². The third-order valence-electron chi connectivity index (χ3n) is 2.63. The lowest BCUT2D eigenvalue weighted by Gasteiger charge is -2.09. The standard InChI is InChI=1S/C14H9FN4/c1-9-4-5-18-14(12(9)8-17)19-13-3-2-11(15)6-10(13)7-16/h2-6H,1H3,(H,18,19). The number of anilines is 2. The number of nitriles is 2. The number of nitrogens with one attached hydrogen (secondary N) is 1. The van der Waals surface area contributed by atoms with Crippen molar-refractivity contribution in [3.8, 4) is 12.1 Å². The molecule has 92 valence electrons. The van der Waals surface area contributed by atoms with Crippen LogP contribution in [-0.4, -0.2) is 4.98 Å². The van der Waals surface area contributed by atoms with Crippen LogP contribution >= 0.6 is 0 Å². The number of hydrogen-bond acceptors (Lipinski definition) is 4. The monoisotopic (exact) mass is 252 g/mol. The van der Waals surface area contributed by atoms with Crippen LogP contribution in [0.15, 0.2) is 30.5 Å². The van der Waals surface area contributed by atoms with Crippen LogP contribution in [0.25, 0.3) is 0 Å². The fourth-order valence-corrected chi connectivity index (χ4v) is 1.64. The maximum atomic E-state index is 13.0. The van der Waals surface area contributed by atoms with E-state index in [2.05, 4.69) is 16.4 Å². The Morgan fingerprint density at radius 3 is 2.68 bits per heavy atom. The first-order chi connectivity index (χ1) is 9.15. The zero-order valence-corrected chi connectivity index (χ0v) is 10.1. The highest BCUT2D eigenvalue weighted by Gasteiger charge is 2.09. The number of nitrogens with zero attached hydrogens (tertiary/aromatic N) is 3. The molecule has 5 heteroatoms. The third kappa shape index (κ3) is 2.51. The molecule has 0 aliphatic rings. The summed E-state index contributed by atoms with van der Waals surface area (Å²) in [6, 6.07) is 9.48. The van der Waals surface area contributed by atoms with Gasteiger partial charge in [-0.25, -0.2) is 9.37 Å². The Morgan fingerprint density at radius 2 is 2.00 bits per heavy atom. The summed E-state index contributed by atoms with van der Waals surface area (Å²) >= 11 is 0. The smallest absolute Gasteiger partial charge is 0.148 e. The van der Waals surface area contributed by atoms with E-state index in [1.165, 1.54) is 12.1 Å². The molecule has 1 N–H and O–H groups in total. The van der Waals surface area contributed by atoms with E-state index in [9.17, 15) is 4.39 Å². The van der Waals surface area contributed by atoms with Gasteiger partial charge in [0.25, 0.3) is 0 Å². The molecule has 0 saturated heterocycles. The largest absolute Gasteiger partial charge is 0.338 e. The molecule has 0 unspecified atom stereocenters. The summed E-state index contributed by atoms with van der Waals surface area (Å²) in [6.07, 6.45) is 1.56. The minimum atomic E-state index is -0.486. The Balaban J connectivity index is 2.46. The predicted octanol–water partition coefficient (Wildman–Crippen LogP) is 3.02. The van der Waals surface area contributed by atoms with Crippen molar-refractivity contribution in [3.63, 3.8) is 0 Å². The highest BCUT2D eigenvalue weighted by Crippen LogP contribution is 2.23. The van der Waals surface area contributed by atoms with Crippen molar-refractivity contribution in [2.24, 2.45) is 0 Å². The van der Waals surface area contributed by atoms with E-state index in [1.807, 2.05) is 6.07 Å². The molecule has 1 aromatic heterocycles. The molecule has 0 aliphatic heterocycles. The fraction of sp³-hybridized carbons (Fsp3) is 0.0714. The van der Waals surface area contributed by atoms with Crippen molar-refractivity contribution in [2.45, 2.75) is 6.92 Å². The van der Waals surface area contributed by atoms with Crippen molar-refractivity contribution in [2.75, 3.05) is 5.32 Å². The van der Waals surface area contributed by atoms with Crippen LogP contribution in [-0.2, 0) is 0 Å². The first kappa shape index (κ1) is 12.5. The van der Waals surface area contributed by atoms with Crippen molar-refractivity contribution < 1.29 is 4.39 Å². The van der Waals surface area contributed by atoms with E-state index in [1.54, 1.807) is 19.2 Å². The summed E-state index contributed by atoms with van der Waals surface area (Å²) in [5, 5.41) is 20.9. The number of benzene rings is 1. The summed E-state index contributed by atoms with van der Waals surface area (Å²) in [4.78, 5) is 4.07. The van der Waals surface area contributed by atoms with E-state index in [4.69, 9.17) is 10.5 Å². The number of hydrogen-bond donors (Lipinski definition) is 1. The summed E-state index contributed by atoms with van der Waals surface area (Å²) in [5.74, 6) is -0.134. The van der Waals surface area contributed by atoms with Gasteiger partial charge in [-0.15, -0.1) is 0 Å². The van der Waals surface area contributed by atoms with Gasteiger partial charge in [-0.2, -0.15) is 10.5 Å². The highest BCUT2D eigenvalue weighted by molar-refractivity contribution is 5.68. The number of rotatable bonds is 2. The Hall–Kier alpha value is -2.92. The summed E-state index contributed by atoms with van der Waals surface area (Å²) in [7, 11) is 0. The minimum Gasteiger partial charge on any atom is -0.338 e. The molecule has 0 amide bonds. The van der Waals surface area contributed by atoms with Gasteiger partial charge in [-0.1, -0.05) is 0 Å². The molecule has 0 aliphatic carbocycles. The van der Waals surface area contributed by atoms with Crippen LogP contribution in [0.2, 0.25) is 0 Å². The molecule has 0 spiro atoms. The van der Waals surface area contributed by atoms with Crippen molar-refractivity contribution in [1.82, 2.24) is 4.98 Å². The highest BCUT2D eigenvalue weighted by atomic mass is 19.1. The van der Waals surface area contributed by atoms with Crippen LogP contribution in [0.5, 0.6) is 0 Å². The van der Waals surface area contributed by atoms with Gasteiger partial charge < -0.3 is 5.32 Å². The molecule has 2 aromatic rings. The number of aryl methyl sites for hydroxylation is 1. The van der Waals surface area contributed by atoms with Crippen LogP contribution in [0, 0.1) is 35.4 Å². The molecule has 1 aromatic carbocycles. The lowest BCUT2D eigenvalue weighted by Crippen LogP contribution is -2.00. The molecule has 0 bridgehead atoms. The van der Waals surface area contributed by atoms with Gasteiger partial charge in [-0.05, 0) is 36.8 Å². The second-order valence-electron chi connectivity index (χ2n) is 3.89. The molecule has 2 rings (SSSR count). The third-order valence-corrected chi connectivity index (χ3v) is 2.63. The average molecular weight is 252 g/mol. The summed E-state index contributed by atoms with van der Waals surface area (Å²) in [5.41, 5.74) is 1.75. The van der Waals surface area contributed by atoms with Gasteiger partial charge in [0.1, 0.15) is 23.8 Å². The average Bonchev–Trinajstić information content (AvgIpc) is 2.41. The fourth-order valence-electron chi connectivity index (χ4n) is 1.64. The molecular weight excluding hydrogens is 243 g/mol. The van der Waals surface area contributed by atoms with Crippen LogP contribution in [0.4, 0.5) is 15.9 Å². The van der Waals surface area contributed by atoms with Crippen LogP contribution in [0.3, 0.4) is 0 Å². The van der Waals surface area contributed by atoms with Crippen molar-refractivity contribution in [1.29, 1.82) is 10.5 Å². The number of pyridine rings is 1. The number of aromatic nitrogens is 1. The maximum absolute atomic E-state index is 13.0. The normalized spacial score (nSPS) is 9.47. The number of halogens is 1. The lowest BCUT2D eigenvalue weighted by atomic mass is 10.1. The SMILES string of the molecule is Cc1ccnc(Nc2ccc(F)cc2C#N)c1C#N. The van der Waals surface area contributed by atoms with Crippen LogP contribution in [0.1, 0.15) is 16.7 Å². The Kier molecular flexibility index (Phi) is 3.40. The lowest BCUT2D eigenvalue weighted by molar-refractivity contribution is 0.627. The minimum absolute atomic E-state index is 0.159.